The topological polar surface area (TPSA) is 134 Å². The first-order valence-corrected chi connectivity index (χ1v) is 8.45. The maximum atomic E-state index is 10.1. The van der Waals surface area contributed by atoms with Crippen molar-refractivity contribution in [1.82, 2.24) is 4.90 Å². The summed E-state index contributed by atoms with van der Waals surface area (Å²) in [5, 5.41) is 24.8. The standard InChI is InChI=1S/C6H9NO6.2C5H10O/c8-4(9)1-7(2-5(10)11)3-6(12)13;2*1-2-4-6-5-3-1/h1-3H2,(H,8,9)(H,10,11)(H,12,13);2*1-5H2. The molecule has 0 aromatic heterocycles. The molecule has 0 saturated carbocycles. The molecule has 0 aromatic rings. The molecular weight excluding hydrogens is 334 g/mol. The van der Waals surface area contributed by atoms with E-state index in [-0.39, 0.29) is 0 Å². The van der Waals surface area contributed by atoms with Gasteiger partial charge >= 0.3 is 17.9 Å². The number of carboxylic acids is 3. The molecule has 25 heavy (non-hydrogen) atoms. The lowest BCUT2D eigenvalue weighted by atomic mass is 10.2. The predicted octanol–water partition coefficient (Wildman–Crippen LogP) is 0.916. The van der Waals surface area contributed by atoms with Gasteiger partial charge in [-0.15, -0.1) is 0 Å². The quantitative estimate of drug-likeness (QED) is 0.629. The van der Waals surface area contributed by atoms with Crippen LogP contribution in [-0.4, -0.2) is 84.2 Å². The molecule has 2 heterocycles. The van der Waals surface area contributed by atoms with Gasteiger partial charge in [0.2, 0.25) is 0 Å². The van der Waals surface area contributed by atoms with E-state index in [1.807, 2.05) is 0 Å². The third-order valence-corrected chi connectivity index (χ3v) is 3.23. The zero-order valence-corrected chi connectivity index (χ0v) is 14.5. The summed E-state index contributed by atoms with van der Waals surface area (Å²) in [5.41, 5.74) is 0. The van der Waals surface area contributed by atoms with E-state index in [4.69, 9.17) is 24.8 Å². The van der Waals surface area contributed by atoms with E-state index in [1.165, 1.54) is 38.5 Å². The lowest BCUT2D eigenvalue weighted by Gasteiger charge is -2.14. The van der Waals surface area contributed by atoms with Gasteiger partial charge in [-0.05, 0) is 38.5 Å². The average molecular weight is 363 g/mol. The number of carboxylic acid groups (broad SMARTS) is 3. The Morgan fingerprint density at radius 3 is 1.00 bits per heavy atom. The number of ether oxygens (including phenoxy) is 2. The largest absolute Gasteiger partial charge is 0.480 e. The molecule has 0 aliphatic carbocycles. The second-order valence-electron chi connectivity index (χ2n) is 5.67. The van der Waals surface area contributed by atoms with E-state index >= 15 is 0 Å². The third kappa shape index (κ3) is 18.5. The summed E-state index contributed by atoms with van der Waals surface area (Å²) in [6.07, 6.45) is 7.86. The van der Waals surface area contributed by atoms with Crippen molar-refractivity contribution in [3.05, 3.63) is 0 Å². The molecule has 0 atom stereocenters. The van der Waals surface area contributed by atoms with Gasteiger partial charge in [0, 0.05) is 26.4 Å². The van der Waals surface area contributed by atoms with E-state index in [1.54, 1.807) is 0 Å². The molecule has 9 heteroatoms. The Labute approximate surface area is 147 Å². The first-order chi connectivity index (χ1) is 11.9. The van der Waals surface area contributed by atoms with Crippen LogP contribution >= 0.6 is 0 Å². The fourth-order valence-corrected chi connectivity index (χ4v) is 2.12. The summed E-state index contributed by atoms with van der Waals surface area (Å²) in [5.74, 6) is -3.78. The van der Waals surface area contributed by atoms with Crippen LogP contribution in [0.4, 0.5) is 0 Å². The monoisotopic (exact) mass is 363 g/mol. The van der Waals surface area contributed by atoms with Crippen LogP contribution in [0.1, 0.15) is 38.5 Å². The molecule has 146 valence electrons. The van der Waals surface area contributed by atoms with Gasteiger partial charge in [-0.2, -0.15) is 0 Å². The first kappa shape index (κ1) is 23.3. The molecule has 3 N–H and O–H groups in total. The van der Waals surface area contributed by atoms with Gasteiger partial charge in [0.05, 0.1) is 19.6 Å². The van der Waals surface area contributed by atoms with Crippen molar-refractivity contribution in [3.63, 3.8) is 0 Å². The predicted molar refractivity (Wildman–Crippen MR) is 88.7 cm³/mol. The SMILES string of the molecule is C1CCOCC1.C1CCOCC1.O=C(O)CN(CC(=O)O)CC(=O)O. The van der Waals surface area contributed by atoms with Crippen molar-refractivity contribution in [2.75, 3.05) is 46.1 Å². The van der Waals surface area contributed by atoms with E-state index in [0.717, 1.165) is 31.3 Å². The van der Waals surface area contributed by atoms with Crippen LogP contribution in [0.25, 0.3) is 0 Å². The molecule has 2 rings (SSSR count). The van der Waals surface area contributed by atoms with Crippen LogP contribution < -0.4 is 0 Å². The van der Waals surface area contributed by atoms with Gasteiger partial charge in [-0.3, -0.25) is 19.3 Å². The molecular formula is C16H29NO8. The van der Waals surface area contributed by atoms with Gasteiger partial charge in [-0.1, -0.05) is 0 Å². The maximum absolute atomic E-state index is 10.1. The fourth-order valence-electron chi connectivity index (χ4n) is 2.12. The summed E-state index contributed by atoms with van der Waals surface area (Å²) in [4.78, 5) is 31.2. The highest BCUT2D eigenvalue weighted by Crippen LogP contribution is 2.02. The van der Waals surface area contributed by atoms with Gasteiger partial charge in [-0.25, -0.2) is 0 Å². The smallest absolute Gasteiger partial charge is 0.317 e. The van der Waals surface area contributed by atoms with Crippen molar-refractivity contribution in [2.24, 2.45) is 0 Å². The van der Waals surface area contributed by atoms with Crippen molar-refractivity contribution >= 4 is 17.9 Å². The molecule has 0 amide bonds. The molecule has 0 bridgehead atoms. The van der Waals surface area contributed by atoms with Gasteiger partial charge in [0.25, 0.3) is 0 Å². The highest BCUT2D eigenvalue weighted by molar-refractivity contribution is 5.75. The summed E-state index contributed by atoms with van der Waals surface area (Å²) >= 11 is 0. The number of rotatable bonds is 6. The van der Waals surface area contributed by atoms with Crippen molar-refractivity contribution in [1.29, 1.82) is 0 Å². The Morgan fingerprint density at radius 1 is 0.600 bits per heavy atom. The van der Waals surface area contributed by atoms with E-state index in [9.17, 15) is 14.4 Å². The van der Waals surface area contributed by atoms with Gasteiger partial charge in [0.15, 0.2) is 0 Å². The number of hydrogen-bond acceptors (Lipinski definition) is 6. The summed E-state index contributed by atoms with van der Waals surface area (Å²) in [7, 11) is 0. The summed E-state index contributed by atoms with van der Waals surface area (Å²) in [6.45, 7) is 2.20. The molecule has 2 aliphatic heterocycles. The highest BCUT2D eigenvalue weighted by atomic mass is 16.5. The lowest BCUT2D eigenvalue weighted by molar-refractivity contribution is -0.144. The van der Waals surface area contributed by atoms with Crippen LogP contribution in [-0.2, 0) is 23.9 Å². The average Bonchev–Trinajstić information content (AvgIpc) is 2.57. The molecule has 0 spiro atoms. The Balaban J connectivity index is 0.000000392. The van der Waals surface area contributed by atoms with E-state index < -0.39 is 37.5 Å². The highest BCUT2D eigenvalue weighted by Gasteiger charge is 2.15. The molecule has 2 saturated heterocycles. The zero-order chi connectivity index (χ0) is 18.9. The maximum Gasteiger partial charge on any atom is 0.317 e. The number of hydrogen-bond donors (Lipinski definition) is 3. The van der Waals surface area contributed by atoms with Crippen LogP contribution in [0.2, 0.25) is 0 Å². The second-order valence-corrected chi connectivity index (χ2v) is 5.67. The molecule has 0 unspecified atom stereocenters. The Morgan fingerprint density at radius 2 is 0.880 bits per heavy atom. The Bertz CT molecular complexity index is 307. The molecule has 2 fully saturated rings. The van der Waals surface area contributed by atoms with Crippen molar-refractivity contribution in [3.8, 4) is 0 Å². The van der Waals surface area contributed by atoms with Crippen molar-refractivity contribution in [2.45, 2.75) is 38.5 Å². The zero-order valence-electron chi connectivity index (χ0n) is 14.5. The summed E-state index contributed by atoms with van der Waals surface area (Å²) < 4.78 is 10.1. The molecule has 2 aliphatic rings. The number of aliphatic carboxylic acids is 3. The molecule has 0 aromatic carbocycles. The number of nitrogens with zero attached hydrogens (tertiary/aromatic N) is 1. The fraction of sp³-hybridized carbons (Fsp3) is 0.812. The van der Waals surface area contributed by atoms with Crippen LogP contribution in [0.5, 0.6) is 0 Å². The second kappa shape index (κ2) is 15.8. The Hall–Kier alpha value is -1.71. The normalized spacial score (nSPS) is 16.7. The van der Waals surface area contributed by atoms with Crippen molar-refractivity contribution < 1.29 is 39.2 Å². The van der Waals surface area contributed by atoms with Gasteiger partial charge < -0.3 is 24.8 Å². The van der Waals surface area contributed by atoms with Crippen LogP contribution in [0, 0.1) is 0 Å². The third-order valence-electron chi connectivity index (χ3n) is 3.23. The van der Waals surface area contributed by atoms with Gasteiger partial charge in [0.1, 0.15) is 0 Å². The van der Waals surface area contributed by atoms with E-state index in [2.05, 4.69) is 0 Å². The Kier molecular flexibility index (Phi) is 14.7. The first-order valence-electron chi connectivity index (χ1n) is 8.45. The van der Waals surface area contributed by atoms with E-state index in [0.29, 0.717) is 0 Å². The molecule has 0 radical (unpaired) electrons. The van der Waals surface area contributed by atoms with Crippen LogP contribution in [0.15, 0.2) is 0 Å². The van der Waals surface area contributed by atoms with Crippen LogP contribution in [0.3, 0.4) is 0 Å². The minimum atomic E-state index is -1.26. The minimum absolute atomic E-state index is 0.599. The number of carbonyl (C=O) groups is 3. The molecule has 9 nitrogen and oxygen atoms in total. The summed E-state index contributed by atoms with van der Waals surface area (Å²) in [6, 6.07) is 0. The minimum Gasteiger partial charge on any atom is -0.480 e. The lowest BCUT2D eigenvalue weighted by Crippen LogP contribution is -2.38.